The molecule has 1 saturated carbocycles. The van der Waals surface area contributed by atoms with Crippen LogP contribution in [0.15, 0.2) is 0 Å². The third-order valence-corrected chi connectivity index (χ3v) is 6.55. The van der Waals surface area contributed by atoms with E-state index in [0.717, 1.165) is 51.2 Å². The molecule has 2 saturated heterocycles. The van der Waals surface area contributed by atoms with E-state index in [0.29, 0.717) is 0 Å². The molecule has 2 aliphatic heterocycles. The van der Waals surface area contributed by atoms with Gasteiger partial charge in [0.15, 0.2) is 0 Å². The van der Waals surface area contributed by atoms with E-state index in [9.17, 15) is 21.6 Å². The third kappa shape index (κ3) is 5.55. The number of nitrogens with zero attached hydrogens (tertiary/aromatic N) is 2. The van der Waals surface area contributed by atoms with Crippen LogP contribution in [0, 0.1) is 5.92 Å². The minimum Gasteiger partial charge on any atom is -0.475 e. The van der Waals surface area contributed by atoms with E-state index < -0.39 is 22.2 Å². The van der Waals surface area contributed by atoms with Gasteiger partial charge in [-0.2, -0.15) is 17.5 Å². The number of hydrogen-bond donors (Lipinski definition) is 1. The van der Waals surface area contributed by atoms with Crippen molar-refractivity contribution in [2.45, 2.75) is 50.2 Å². The number of aliphatic carboxylic acids is 1. The number of likely N-dealkylation sites (tertiary alicyclic amines) is 1. The van der Waals surface area contributed by atoms with Crippen molar-refractivity contribution < 1.29 is 31.5 Å². The monoisotopic (exact) mass is 386 g/mol. The van der Waals surface area contributed by atoms with E-state index in [1.807, 2.05) is 0 Å². The van der Waals surface area contributed by atoms with Crippen LogP contribution in [0.25, 0.3) is 0 Å². The summed E-state index contributed by atoms with van der Waals surface area (Å²) in [5.41, 5.74) is -0.0341. The summed E-state index contributed by atoms with van der Waals surface area (Å²) in [6, 6.07) is 0. The van der Waals surface area contributed by atoms with Crippen LogP contribution in [0.4, 0.5) is 13.2 Å². The first kappa shape index (κ1) is 20.4. The maximum Gasteiger partial charge on any atom is 0.490 e. The molecule has 1 N–H and O–H groups in total. The quantitative estimate of drug-likeness (QED) is 0.802. The molecule has 0 amide bonds. The van der Waals surface area contributed by atoms with Gasteiger partial charge in [-0.15, -0.1) is 0 Å². The molecule has 1 aliphatic carbocycles. The average molecular weight is 386 g/mol. The highest BCUT2D eigenvalue weighted by Crippen LogP contribution is 2.40. The molecular formula is C15H25F3N2O4S. The van der Waals surface area contributed by atoms with Crippen LogP contribution in [-0.2, 0) is 14.8 Å². The van der Waals surface area contributed by atoms with Gasteiger partial charge in [0.25, 0.3) is 0 Å². The van der Waals surface area contributed by atoms with Crippen molar-refractivity contribution in [2.75, 3.05) is 32.4 Å². The molecule has 3 aliphatic rings. The van der Waals surface area contributed by atoms with Gasteiger partial charge >= 0.3 is 12.1 Å². The molecule has 146 valence electrons. The summed E-state index contributed by atoms with van der Waals surface area (Å²) < 4.78 is 57.3. The smallest absolute Gasteiger partial charge is 0.475 e. The van der Waals surface area contributed by atoms with Crippen molar-refractivity contribution in [2.24, 2.45) is 5.92 Å². The van der Waals surface area contributed by atoms with E-state index in [4.69, 9.17) is 9.90 Å². The molecule has 0 bridgehead atoms. The second-order valence-corrected chi connectivity index (χ2v) is 9.12. The largest absolute Gasteiger partial charge is 0.490 e. The maximum absolute atomic E-state index is 11.9. The minimum absolute atomic E-state index is 0.0341. The highest BCUT2D eigenvalue weighted by atomic mass is 32.2. The zero-order valence-electron chi connectivity index (χ0n) is 14.3. The summed E-state index contributed by atoms with van der Waals surface area (Å²) in [5.74, 6) is -1.82. The number of sulfonamides is 1. The minimum atomic E-state index is -5.08. The van der Waals surface area contributed by atoms with Crippen LogP contribution in [0.3, 0.4) is 0 Å². The van der Waals surface area contributed by atoms with Gasteiger partial charge < -0.3 is 10.0 Å². The van der Waals surface area contributed by atoms with Gasteiger partial charge in [0.05, 0.1) is 6.26 Å². The number of rotatable bonds is 3. The number of hydrogen-bond acceptors (Lipinski definition) is 4. The molecule has 25 heavy (non-hydrogen) atoms. The highest BCUT2D eigenvalue weighted by molar-refractivity contribution is 7.88. The van der Waals surface area contributed by atoms with Crippen molar-refractivity contribution in [3.63, 3.8) is 0 Å². The Hall–Kier alpha value is -0.870. The Bertz CT molecular complexity index is 582. The van der Waals surface area contributed by atoms with Crippen LogP contribution in [-0.4, -0.2) is 72.8 Å². The van der Waals surface area contributed by atoms with E-state index in [-0.39, 0.29) is 5.54 Å². The van der Waals surface area contributed by atoms with Gasteiger partial charge in [-0.1, -0.05) is 0 Å². The second kappa shape index (κ2) is 7.40. The second-order valence-electron chi connectivity index (χ2n) is 7.21. The molecule has 10 heteroatoms. The topological polar surface area (TPSA) is 77.9 Å². The Morgan fingerprint density at radius 2 is 1.68 bits per heavy atom. The van der Waals surface area contributed by atoms with Crippen molar-refractivity contribution in [3.8, 4) is 0 Å². The molecule has 3 fully saturated rings. The van der Waals surface area contributed by atoms with Gasteiger partial charge in [0.2, 0.25) is 10.0 Å². The molecule has 0 aromatic rings. The molecule has 0 aromatic heterocycles. The molecule has 6 nitrogen and oxygen atoms in total. The first-order valence-electron chi connectivity index (χ1n) is 8.44. The van der Waals surface area contributed by atoms with Gasteiger partial charge in [0.1, 0.15) is 0 Å². The zero-order valence-corrected chi connectivity index (χ0v) is 15.1. The number of alkyl halides is 3. The fourth-order valence-electron chi connectivity index (χ4n) is 3.75. The Morgan fingerprint density at radius 3 is 2.08 bits per heavy atom. The Morgan fingerprint density at radius 1 is 1.16 bits per heavy atom. The Labute approximate surface area is 146 Å². The first-order chi connectivity index (χ1) is 11.4. The summed E-state index contributed by atoms with van der Waals surface area (Å²) in [6.45, 7) is 4.15. The molecule has 0 aromatic carbocycles. The lowest BCUT2D eigenvalue weighted by Gasteiger charge is -2.44. The first-order valence-corrected chi connectivity index (χ1v) is 10.3. The SMILES string of the molecule is CS(=O)(=O)N1CCCC12CCN(CC1CC1)CC2.O=C(O)C(F)(F)F. The van der Waals surface area contributed by atoms with Gasteiger partial charge in [0, 0.05) is 18.6 Å². The van der Waals surface area contributed by atoms with Gasteiger partial charge in [-0.05, 0) is 57.5 Å². The number of piperidine rings is 1. The summed E-state index contributed by atoms with van der Waals surface area (Å²) in [6.07, 6.45) is 3.26. The number of halogens is 3. The fraction of sp³-hybridized carbons (Fsp3) is 0.933. The van der Waals surface area contributed by atoms with Gasteiger partial charge in [-0.25, -0.2) is 13.2 Å². The van der Waals surface area contributed by atoms with Gasteiger partial charge in [-0.3, -0.25) is 0 Å². The average Bonchev–Trinajstić information content (AvgIpc) is 3.19. The van der Waals surface area contributed by atoms with Crippen LogP contribution >= 0.6 is 0 Å². The van der Waals surface area contributed by atoms with Crippen LogP contribution in [0.2, 0.25) is 0 Å². The summed E-state index contributed by atoms with van der Waals surface area (Å²) >= 11 is 0. The van der Waals surface area contributed by atoms with Crippen LogP contribution in [0.1, 0.15) is 38.5 Å². The molecule has 2 heterocycles. The van der Waals surface area contributed by atoms with Crippen LogP contribution < -0.4 is 0 Å². The highest BCUT2D eigenvalue weighted by Gasteiger charge is 2.47. The maximum atomic E-state index is 11.9. The standard InChI is InChI=1S/C13H24N2O2S.C2HF3O2/c1-18(16,17)15-8-2-5-13(15)6-9-14(10-7-13)11-12-3-4-12;3-2(4,5)1(6)7/h12H,2-11H2,1H3;(H,6,7). The van der Waals surface area contributed by atoms with E-state index in [1.165, 1.54) is 25.6 Å². The molecular weight excluding hydrogens is 361 g/mol. The fourth-order valence-corrected chi connectivity index (χ4v) is 5.19. The molecule has 3 rings (SSSR count). The van der Waals surface area contributed by atoms with Crippen molar-refractivity contribution >= 4 is 16.0 Å². The normalized spacial score (nSPS) is 24.8. The zero-order chi connectivity index (χ0) is 18.9. The van der Waals surface area contributed by atoms with E-state index in [1.54, 1.807) is 4.31 Å². The number of carboxylic acid groups (broad SMARTS) is 1. The van der Waals surface area contributed by atoms with Crippen LogP contribution in [0.5, 0.6) is 0 Å². The van der Waals surface area contributed by atoms with E-state index in [2.05, 4.69) is 4.90 Å². The lowest BCUT2D eigenvalue weighted by Crippen LogP contribution is -2.53. The molecule has 0 atom stereocenters. The lowest BCUT2D eigenvalue weighted by molar-refractivity contribution is -0.192. The molecule has 1 spiro atoms. The predicted molar refractivity (Wildman–Crippen MR) is 85.6 cm³/mol. The van der Waals surface area contributed by atoms with E-state index >= 15 is 0 Å². The Kier molecular flexibility index (Phi) is 6.05. The predicted octanol–water partition coefficient (Wildman–Crippen LogP) is 1.92. The van der Waals surface area contributed by atoms with Crippen molar-refractivity contribution in [1.82, 2.24) is 9.21 Å². The summed E-state index contributed by atoms with van der Waals surface area (Å²) in [4.78, 5) is 11.4. The number of carboxylic acids is 1. The Balaban J connectivity index is 0.000000277. The summed E-state index contributed by atoms with van der Waals surface area (Å²) in [5, 5.41) is 7.12. The number of carbonyl (C=O) groups is 1. The third-order valence-electron chi connectivity index (χ3n) is 5.18. The van der Waals surface area contributed by atoms with Crippen molar-refractivity contribution in [3.05, 3.63) is 0 Å². The lowest BCUT2D eigenvalue weighted by atomic mass is 9.86. The summed E-state index contributed by atoms with van der Waals surface area (Å²) in [7, 11) is -3.02. The van der Waals surface area contributed by atoms with Crippen molar-refractivity contribution in [1.29, 1.82) is 0 Å². The molecule has 0 radical (unpaired) electrons. The molecule has 0 unspecified atom stereocenters.